The molecular formula is C26H32F2O11S. The van der Waals surface area contributed by atoms with Gasteiger partial charge in [-0.05, 0) is 58.7 Å². The maximum absolute atomic E-state index is 13.7. The number of ether oxygens (including phenoxy) is 6. The largest absolute Gasteiger partial charge is 0.511 e. The van der Waals surface area contributed by atoms with Crippen LogP contribution in [0.25, 0.3) is 0 Å². The van der Waals surface area contributed by atoms with E-state index in [-0.39, 0.29) is 5.75 Å². The summed E-state index contributed by atoms with van der Waals surface area (Å²) in [5.41, 5.74) is -1.46. The summed E-state index contributed by atoms with van der Waals surface area (Å²) in [6.07, 6.45) is -4.15. The van der Waals surface area contributed by atoms with Gasteiger partial charge in [0.15, 0.2) is 11.6 Å². The maximum atomic E-state index is 13.7. The Hall–Kier alpha value is -3.13. The normalized spacial score (nSPS) is 26.6. The third-order valence-electron chi connectivity index (χ3n) is 6.79. The maximum Gasteiger partial charge on any atom is 0.511 e. The third kappa shape index (κ3) is 7.14. The number of rotatable bonds is 11. The average Bonchev–Trinajstić information content (AvgIpc) is 3.56. The van der Waals surface area contributed by atoms with Gasteiger partial charge in [0.2, 0.25) is 13.6 Å². The molecule has 14 heteroatoms. The van der Waals surface area contributed by atoms with Crippen LogP contribution >= 0.6 is 11.8 Å². The Labute approximate surface area is 233 Å². The molecular weight excluding hydrogens is 558 g/mol. The third-order valence-corrected chi connectivity index (χ3v) is 7.90. The van der Waals surface area contributed by atoms with Gasteiger partial charge in [-0.2, -0.15) is 0 Å². The highest BCUT2D eigenvalue weighted by molar-refractivity contribution is 7.99. The summed E-state index contributed by atoms with van der Waals surface area (Å²) in [7, 11) is 0. The summed E-state index contributed by atoms with van der Waals surface area (Å²) < 4.78 is 56.3. The van der Waals surface area contributed by atoms with E-state index in [1.54, 1.807) is 27.7 Å². The van der Waals surface area contributed by atoms with Gasteiger partial charge in [0.25, 0.3) is 0 Å². The Morgan fingerprint density at radius 2 is 1.50 bits per heavy atom. The summed E-state index contributed by atoms with van der Waals surface area (Å²) in [4.78, 5) is 49.6. The highest BCUT2D eigenvalue weighted by atomic mass is 32.2. The molecule has 2 saturated carbocycles. The van der Waals surface area contributed by atoms with Crippen molar-refractivity contribution < 1.29 is 61.5 Å². The Balaban J connectivity index is 1.70. The van der Waals surface area contributed by atoms with Crippen molar-refractivity contribution >= 4 is 36.0 Å². The minimum atomic E-state index is -1.46. The van der Waals surface area contributed by atoms with E-state index in [1.165, 1.54) is 13.0 Å². The van der Waals surface area contributed by atoms with E-state index in [0.29, 0.717) is 4.90 Å². The molecule has 2 aliphatic rings. The first-order chi connectivity index (χ1) is 18.8. The summed E-state index contributed by atoms with van der Waals surface area (Å²) in [5.74, 6) is -6.71. The van der Waals surface area contributed by atoms with Gasteiger partial charge in [0.1, 0.15) is 0 Å². The fourth-order valence-electron chi connectivity index (χ4n) is 4.99. The smallest absolute Gasteiger partial charge is 0.431 e. The van der Waals surface area contributed by atoms with Crippen molar-refractivity contribution in [3.8, 4) is 0 Å². The molecule has 0 unspecified atom stereocenters. The van der Waals surface area contributed by atoms with Crippen LogP contribution in [0.5, 0.6) is 0 Å². The van der Waals surface area contributed by atoms with E-state index < -0.39 is 96.9 Å². The molecule has 11 nitrogen and oxygen atoms in total. The number of esters is 2. The number of carbonyl (C=O) groups excluding carboxylic acids is 4. The monoisotopic (exact) mass is 590 g/mol. The molecule has 1 aromatic carbocycles. The molecule has 0 radical (unpaired) electrons. The number of hydrogen-bond acceptors (Lipinski definition) is 12. The molecule has 6 atom stereocenters. The van der Waals surface area contributed by atoms with E-state index >= 15 is 0 Å². The van der Waals surface area contributed by atoms with Crippen LogP contribution in [0, 0.1) is 40.7 Å². The molecule has 0 saturated heterocycles. The van der Waals surface area contributed by atoms with Crippen molar-refractivity contribution in [1.82, 2.24) is 0 Å². The van der Waals surface area contributed by atoms with Gasteiger partial charge >= 0.3 is 24.2 Å². The highest BCUT2D eigenvalue weighted by Crippen LogP contribution is 2.69. The van der Waals surface area contributed by atoms with Crippen LogP contribution in [0.3, 0.4) is 0 Å². The predicted molar refractivity (Wildman–Crippen MR) is 132 cm³/mol. The average molecular weight is 591 g/mol. The number of fused-ring (bicyclic) bond motifs is 1. The highest BCUT2D eigenvalue weighted by Gasteiger charge is 2.77. The molecule has 3 rings (SSSR count). The second-order valence-corrected chi connectivity index (χ2v) is 11.2. The summed E-state index contributed by atoms with van der Waals surface area (Å²) in [5, 5.41) is 11.1. The van der Waals surface area contributed by atoms with Crippen LogP contribution in [0.2, 0.25) is 0 Å². The Morgan fingerprint density at radius 1 is 0.925 bits per heavy atom. The van der Waals surface area contributed by atoms with Crippen molar-refractivity contribution in [2.75, 3.05) is 19.3 Å². The predicted octanol–water partition coefficient (Wildman–Crippen LogP) is 4.04. The van der Waals surface area contributed by atoms with Gasteiger partial charge in [-0.1, -0.05) is 0 Å². The van der Waals surface area contributed by atoms with Crippen LogP contribution < -0.4 is 0 Å². The van der Waals surface area contributed by atoms with E-state index in [4.69, 9.17) is 28.4 Å². The zero-order valence-corrected chi connectivity index (χ0v) is 23.4. The van der Waals surface area contributed by atoms with Crippen LogP contribution in [-0.2, 0) is 38.0 Å². The summed E-state index contributed by atoms with van der Waals surface area (Å²) in [6.45, 7) is 6.45. The molecule has 1 N–H and O–H groups in total. The van der Waals surface area contributed by atoms with E-state index in [9.17, 15) is 33.1 Å². The topological polar surface area (TPSA) is 144 Å². The quantitative estimate of drug-likeness (QED) is 0.172. The van der Waals surface area contributed by atoms with Gasteiger partial charge in [0, 0.05) is 22.5 Å². The molecule has 0 bridgehead atoms. The second-order valence-electron chi connectivity index (χ2n) is 10.1. The zero-order valence-electron chi connectivity index (χ0n) is 22.6. The first-order valence-corrected chi connectivity index (χ1v) is 13.5. The molecule has 0 spiro atoms. The number of aliphatic hydroxyl groups excluding tert-OH is 1. The fraction of sp³-hybridized carbons (Fsp3) is 0.615. The fourth-order valence-corrected chi connectivity index (χ4v) is 6.26. The number of carbonyl (C=O) groups is 4. The number of halogens is 2. The van der Waals surface area contributed by atoms with Crippen LogP contribution in [0.1, 0.15) is 34.6 Å². The molecule has 0 heterocycles. The van der Waals surface area contributed by atoms with Crippen molar-refractivity contribution in [1.29, 1.82) is 0 Å². The van der Waals surface area contributed by atoms with Gasteiger partial charge in [-0.25, -0.2) is 18.4 Å². The van der Waals surface area contributed by atoms with Crippen molar-refractivity contribution in [3.63, 3.8) is 0 Å². The van der Waals surface area contributed by atoms with Gasteiger partial charge in [-0.15, -0.1) is 11.8 Å². The molecule has 0 amide bonds. The molecule has 40 heavy (non-hydrogen) atoms. The lowest BCUT2D eigenvalue weighted by Gasteiger charge is -2.34. The lowest BCUT2D eigenvalue weighted by Crippen LogP contribution is -2.44. The van der Waals surface area contributed by atoms with Crippen molar-refractivity contribution in [2.24, 2.45) is 29.1 Å². The molecule has 0 aliphatic heterocycles. The zero-order chi connectivity index (χ0) is 29.8. The molecule has 2 aliphatic carbocycles. The minimum absolute atomic E-state index is 0.0903. The molecule has 0 aromatic heterocycles. The summed E-state index contributed by atoms with van der Waals surface area (Å²) in [6, 6.07) is 3.32. The summed E-state index contributed by atoms with van der Waals surface area (Å²) >= 11 is 1.09. The number of thioether (sulfide) groups is 1. The van der Waals surface area contributed by atoms with Crippen LogP contribution in [0.15, 0.2) is 23.1 Å². The van der Waals surface area contributed by atoms with Crippen molar-refractivity contribution in [2.45, 2.75) is 57.8 Å². The molecule has 2 fully saturated rings. The molecule has 1 aromatic rings. The van der Waals surface area contributed by atoms with Gasteiger partial charge < -0.3 is 33.5 Å². The van der Waals surface area contributed by atoms with Crippen molar-refractivity contribution in [3.05, 3.63) is 29.8 Å². The first-order valence-electron chi connectivity index (χ1n) is 12.5. The second kappa shape index (κ2) is 13.0. The number of aliphatic hydroxyl groups is 1. The number of benzene rings is 1. The standard InChI is InChI=1S/C26H32F2O11S/c1-12(2)38-24(32)36-10-34-22(30)19-18-20(19)26(5,23(31)35-11-37-25(33)39-13(3)4)15(21(18)29)9-40-14-6-7-16(27)17(28)8-14/h6-8,12-13,15,18-21,29H,9-11H2,1-5H3/t15-,18+,19+,20+,21-,26-/m1/s1. The SMILES string of the molecule is CC(C)OC(=O)OCOC(=O)[C@H]1[C@@H]2[C@H](O)[C@@H](CSc3ccc(F)c(F)c3)[C@@](C)(C(=O)OCOC(=O)OC(C)C)[C@H]12. The van der Waals surface area contributed by atoms with Crippen LogP contribution in [-0.4, -0.2) is 67.0 Å². The lowest BCUT2D eigenvalue weighted by atomic mass is 9.74. The molecule has 222 valence electrons. The van der Waals surface area contributed by atoms with Gasteiger partial charge in [0.05, 0.1) is 29.6 Å². The van der Waals surface area contributed by atoms with Gasteiger partial charge in [-0.3, -0.25) is 9.59 Å². The van der Waals surface area contributed by atoms with E-state index in [0.717, 1.165) is 23.9 Å². The lowest BCUT2D eigenvalue weighted by molar-refractivity contribution is -0.171. The number of hydrogen-bond donors (Lipinski definition) is 1. The van der Waals surface area contributed by atoms with E-state index in [2.05, 4.69) is 0 Å². The van der Waals surface area contributed by atoms with Crippen LogP contribution in [0.4, 0.5) is 18.4 Å². The first kappa shape index (κ1) is 31.4. The Morgan fingerprint density at radius 3 is 2.05 bits per heavy atom. The minimum Gasteiger partial charge on any atom is -0.431 e. The Kier molecular flexibility index (Phi) is 10.2. The van der Waals surface area contributed by atoms with E-state index in [1.807, 2.05) is 0 Å². The Bertz CT molecular complexity index is 1110.